The van der Waals surface area contributed by atoms with Gasteiger partial charge in [0.05, 0.1) is 5.41 Å². The van der Waals surface area contributed by atoms with Crippen LogP contribution in [0.25, 0.3) is 0 Å². The van der Waals surface area contributed by atoms with Gasteiger partial charge in [-0.25, -0.2) is 0 Å². The van der Waals surface area contributed by atoms with E-state index in [2.05, 4.69) is 10.6 Å². The Hall–Kier alpha value is -2.37. The van der Waals surface area contributed by atoms with Gasteiger partial charge in [0, 0.05) is 24.7 Å². The van der Waals surface area contributed by atoms with Crippen LogP contribution >= 0.6 is 0 Å². The second-order valence-corrected chi connectivity index (χ2v) is 5.67. The molecule has 0 aromatic heterocycles. The van der Waals surface area contributed by atoms with Crippen molar-refractivity contribution in [1.82, 2.24) is 5.32 Å². The average molecular weight is 304 g/mol. The van der Waals surface area contributed by atoms with Crippen LogP contribution in [0.5, 0.6) is 0 Å². The molecule has 0 unspecified atom stereocenters. The van der Waals surface area contributed by atoms with Crippen LogP contribution in [0.15, 0.2) is 24.3 Å². The van der Waals surface area contributed by atoms with E-state index in [0.29, 0.717) is 24.1 Å². The molecule has 0 bridgehead atoms. The number of hydrogen-bond acceptors (Lipinski definition) is 3. The Bertz CT molecular complexity index is 574. The fourth-order valence-corrected chi connectivity index (χ4v) is 2.88. The molecule has 6 nitrogen and oxygen atoms in total. The zero-order chi connectivity index (χ0) is 16.2. The van der Waals surface area contributed by atoms with Crippen molar-refractivity contribution in [2.45, 2.75) is 32.1 Å². The molecule has 22 heavy (non-hydrogen) atoms. The molecule has 1 aliphatic rings. The lowest BCUT2D eigenvalue weighted by molar-refractivity contribution is -0.150. The fourth-order valence-electron chi connectivity index (χ4n) is 2.88. The van der Waals surface area contributed by atoms with Crippen LogP contribution < -0.4 is 10.6 Å². The molecule has 1 aliphatic carbocycles. The first-order valence-electron chi connectivity index (χ1n) is 7.32. The van der Waals surface area contributed by atoms with E-state index in [1.807, 2.05) is 0 Å². The van der Waals surface area contributed by atoms with Gasteiger partial charge in [0.1, 0.15) is 0 Å². The largest absolute Gasteiger partial charge is 0.481 e. The highest BCUT2D eigenvalue weighted by molar-refractivity contribution is 5.96. The monoisotopic (exact) mass is 304 g/mol. The van der Waals surface area contributed by atoms with Crippen LogP contribution in [0.1, 0.15) is 42.5 Å². The highest BCUT2D eigenvalue weighted by Gasteiger charge is 2.42. The summed E-state index contributed by atoms with van der Waals surface area (Å²) in [6, 6.07) is 6.48. The maximum Gasteiger partial charge on any atom is 0.310 e. The number of aliphatic carboxylic acids is 1. The first-order valence-corrected chi connectivity index (χ1v) is 7.32. The zero-order valence-electron chi connectivity index (χ0n) is 12.5. The highest BCUT2D eigenvalue weighted by Crippen LogP contribution is 2.41. The van der Waals surface area contributed by atoms with Crippen LogP contribution in [-0.4, -0.2) is 29.9 Å². The van der Waals surface area contributed by atoms with Crippen molar-refractivity contribution >= 4 is 23.5 Å². The number of benzene rings is 1. The van der Waals surface area contributed by atoms with Gasteiger partial charge < -0.3 is 15.7 Å². The Kier molecular flexibility index (Phi) is 4.80. The van der Waals surface area contributed by atoms with Crippen molar-refractivity contribution in [2.24, 2.45) is 5.41 Å². The van der Waals surface area contributed by atoms with Crippen LogP contribution in [0.4, 0.5) is 5.69 Å². The van der Waals surface area contributed by atoms with Crippen molar-refractivity contribution in [2.75, 3.05) is 12.4 Å². The van der Waals surface area contributed by atoms with Crippen molar-refractivity contribution < 1.29 is 19.5 Å². The van der Waals surface area contributed by atoms with E-state index in [9.17, 15) is 19.5 Å². The van der Waals surface area contributed by atoms with Gasteiger partial charge in [0.15, 0.2) is 0 Å². The van der Waals surface area contributed by atoms with Gasteiger partial charge in [-0.05, 0) is 37.1 Å². The normalized spacial score (nSPS) is 16.0. The molecule has 0 atom stereocenters. The van der Waals surface area contributed by atoms with Gasteiger partial charge in [-0.15, -0.1) is 0 Å². The van der Waals surface area contributed by atoms with Gasteiger partial charge in [-0.3, -0.25) is 14.4 Å². The molecule has 0 radical (unpaired) electrons. The smallest absolute Gasteiger partial charge is 0.310 e. The Morgan fingerprint density at radius 2 is 1.73 bits per heavy atom. The predicted octanol–water partition coefficient (Wildman–Crippen LogP) is 2.02. The number of anilines is 1. The number of hydrogen-bond donors (Lipinski definition) is 3. The Morgan fingerprint density at radius 1 is 1.14 bits per heavy atom. The third-order valence-corrected chi connectivity index (χ3v) is 4.17. The van der Waals surface area contributed by atoms with Crippen LogP contribution in [0.2, 0.25) is 0 Å². The number of amides is 2. The van der Waals surface area contributed by atoms with Gasteiger partial charge in [0.25, 0.3) is 5.91 Å². The number of carboxylic acid groups (broad SMARTS) is 1. The van der Waals surface area contributed by atoms with Crippen molar-refractivity contribution in [3.63, 3.8) is 0 Å². The maximum atomic E-state index is 12.1. The summed E-state index contributed by atoms with van der Waals surface area (Å²) in [5.41, 5.74) is 0.126. The standard InChI is InChI=1S/C16H20N2O4/c1-17-14(20)11-4-6-12(7-5-11)18-13(19)10-16(15(21)22)8-2-3-9-16/h4-7H,2-3,8-10H2,1H3,(H,17,20)(H,18,19)(H,21,22). The predicted molar refractivity (Wildman–Crippen MR) is 81.6 cm³/mol. The molecule has 1 aromatic rings. The second-order valence-electron chi connectivity index (χ2n) is 5.67. The lowest BCUT2D eigenvalue weighted by atomic mass is 9.82. The third kappa shape index (κ3) is 3.44. The number of carbonyl (C=O) groups is 3. The number of carbonyl (C=O) groups excluding carboxylic acids is 2. The van der Waals surface area contributed by atoms with Crippen LogP contribution in [0, 0.1) is 5.41 Å². The summed E-state index contributed by atoms with van der Waals surface area (Å²) in [5, 5.41) is 14.6. The van der Waals surface area contributed by atoms with E-state index in [1.165, 1.54) is 0 Å². The summed E-state index contributed by atoms with van der Waals surface area (Å²) in [6.45, 7) is 0. The summed E-state index contributed by atoms with van der Waals surface area (Å²) in [7, 11) is 1.55. The van der Waals surface area contributed by atoms with E-state index >= 15 is 0 Å². The second kappa shape index (κ2) is 6.60. The molecule has 1 aromatic carbocycles. The number of carboxylic acids is 1. The quantitative estimate of drug-likeness (QED) is 0.775. The van der Waals surface area contributed by atoms with Crippen molar-refractivity contribution in [1.29, 1.82) is 0 Å². The summed E-state index contributed by atoms with van der Waals surface area (Å²) < 4.78 is 0. The van der Waals surface area contributed by atoms with E-state index in [0.717, 1.165) is 12.8 Å². The van der Waals surface area contributed by atoms with Crippen molar-refractivity contribution in [3.8, 4) is 0 Å². The molecule has 118 valence electrons. The minimum Gasteiger partial charge on any atom is -0.481 e. The molecule has 2 amide bonds. The first-order chi connectivity index (χ1) is 10.5. The van der Waals surface area contributed by atoms with Gasteiger partial charge in [0.2, 0.25) is 5.91 Å². The summed E-state index contributed by atoms with van der Waals surface area (Å²) in [6.07, 6.45) is 2.77. The molecule has 0 saturated heterocycles. The average Bonchev–Trinajstić information content (AvgIpc) is 2.97. The molecular weight excluding hydrogens is 284 g/mol. The first kappa shape index (κ1) is 16.0. The third-order valence-electron chi connectivity index (χ3n) is 4.17. The molecule has 1 fully saturated rings. The van der Waals surface area contributed by atoms with Crippen molar-refractivity contribution in [3.05, 3.63) is 29.8 Å². The maximum absolute atomic E-state index is 12.1. The van der Waals surface area contributed by atoms with Gasteiger partial charge in [-0.2, -0.15) is 0 Å². The highest BCUT2D eigenvalue weighted by atomic mass is 16.4. The summed E-state index contributed by atoms with van der Waals surface area (Å²) >= 11 is 0. The molecule has 2 rings (SSSR count). The minimum absolute atomic E-state index is 0.0144. The Morgan fingerprint density at radius 3 is 2.23 bits per heavy atom. The van der Waals surface area contributed by atoms with E-state index < -0.39 is 11.4 Å². The Balaban J connectivity index is 2.00. The molecule has 0 heterocycles. The molecular formula is C16H20N2O4. The molecule has 0 aliphatic heterocycles. The molecule has 0 spiro atoms. The SMILES string of the molecule is CNC(=O)c1ccc(NC(=O)CC2(C(=O)O)CCCC2)cc1. The lowest BCUT2D eigenvalue weighted by Crippen LogP contribution is -2.32. The summed E-state index contributed by atoms with van der Waals surface area (Å²) in [5.74, 6) is -1.40. The minimum atomic E-state index is -0.924. The summed E-state index contributed by atoms with van der Waals surface area (Å²) in [4.78, 5) is 35.0. The van der Waals surface area contributed by atoms with E-state index in [-0.39, 0.29) is 18.2 Å². The van der Waals surface area contributed by atoms with E-state index in [1.54, 1.807) is 31.3 Å². The molecule has 6 heteroatoms. The van der Waals surface area contributed by atoms with Crippen LogP contribution in [0.3, 0.4) is 0 Å². The zero-order valence-corrected chi connectivity index (χ0v) is 12.5. The number of rotatable bonds is 5. The van der Waals surface area contributed by atoms with Gasteiger partial charge >= 0.3 is 5.97 Å². The molecule has 1 saturated carbocycles. The number of nitrogens with one attached hydrogen (secondary N) is 2. The van der Waals surface area contributed by atoms with Gasteiger partial charge in [-0.1, -0.05) is 12.8 Å². The van der Waals surface area contributed by atoms with E-state index in [4.69, 9.17) is 0 Å². The van der Waals surface area contributed by atoms with Crippen LogP contribution in [-0.2, 0) is 9.59 Å². The Labute approximate surface area is 128 Å². The fraction of sp³-hybridized carbons (Fsp3) is 0.438. The molecule has 3 N–H and O–H groups in total. The lowest BCUT2D eigenvalue weighted by Gasteiger charge is -2.22. The topological polar surface area (TPSA) is 95.5 Å².